The van der Waals surface area contributed by atoms with Gasteiger partial charge in [0.15, 0.2) is 6.61 Å². The van der Waals surface area contributed by atoms with Gasteiger partial charge in [-0.25, -0.2) is 0 Å². The van der Waals surface area contributed by atoms with Gasteiger partial charge in [-0.1, -0.05) is 48.6 Å². The number of carbonyl (C=O) groups excluding carboxylic acids is 2. The van der Waals surface area contributed by atoms with Crippen molar-refractivity contribution < 1.29 is 27.5 Å². The Morgan fingerprint density at radius 2 is 2.00 bits per heavy atom. The number of para-hydroxylation sites is 1. The number of carbonyl (C=O) groups is 2. The number of halogens is 4. The number of thioether (sulfide) groups is 1. The molecule has 1 amide bonds. The molecule has 0 radical (unpaired) electrons. The molecule has 160 valence electrons. The van der Waals surface area contributed by atoms with Crippen LogP contribution in [0.3, 0.4) is 0 Å². The van der Waals surface area contributed by atoms with E-state index in [0.29, 0.717) is 10.2 Å². The first-order chi connectivity index (χ1) is 13.6. The van der Waals surface area contributed by atoms with Crippen LogP contribution in [0.15, 0.2) is 18.2 Å². The molecule has 0 spiro atoms. The number of thiocarbonyl (C=S) groups is 1. The zero-order chi connectivity index (χ0) is 21.6. The minimum absolute atomic E-state index is 0.0853. The van der Waals surface area contributed by atoms with Gasteiger partial charge in [0.1, 0.15) is 4.32 Å². The fraction of sp³-hybridized carbons (Fsp3) is 0.500. The third kappa shape index (κ3) is 7.35. The Balaban J connectivity index is 1.79. The van der Waals surface area contributed by atoms with Gasteiger partial charge < -0.3 is 15.0 Å². The van der Waals surface area contributed by atoms with E-state index in [4.69, 9.17) is 28.6 Å². The Labute approximate surface area is 181 Å². The van der Waals surface area contributed by atoms with Crippen LogP contribution in [0.1, 0.15) is 25.3 Å². The largest absolute Gasteiger partial charge is 0.455 e. The molecule has 1 aliphatic rings. The van der Waals surface area contributed by atoms with Gasteiger partial charge in [0, 0.05) is 13.1 Å². The summed E-state index contributed by atoms with van der Waals surface area (Å²) in [4.78, 5) is 25.8. The fourth-order valence-corrected chi connectivity index (χ4v) is 3.92. The summed E-state index contributed by atoms with van der Waals surface area (Å²) in [6.07, 6.45) is -2.62. The molecule has 1 aromatic carbocycles. The van der Waals surface area contributed by atoms with Crippen molar-refractivity contribution in [3.05, 3.63) is 28.8 Å². The number of likely N-dealkylation sites (tertiary alicyclic amines) is 1. The van der Waals surface area contributed by atoms with Crippen LogP contribution in [-0.4, -0.2) is 46.5 Å². The number of hydrogen-bond donors (Lipinski definition) is 1. The Morgan fingerprint density at radius 3 is 2.62 bits per heavy atom. The zero-order valence-corrected chi connectivity index (χ0v) is 17.9. The molecule has 0 unspecified atom stereocenters. The van der Waals surface area contributed by atoms with E-state index in [-0.39, 0.29) is 10.8 Å². The standard InChI is InChI=1S/C18H20ClF3N2O3S2/c1-11-5-7-24(8-6-11)17(28)29-10-15(26)27-9-14(25)23-16-12(18(20,21)22)3-2-4-13(16)19/h2-4,11H,5-10H2,1H3,(H,23,25). The molecule has 0 atom stereocenters. The molecule has 0 aromatic heterocycles. The van der Waals surface area contributed by atoms with Crippen molar-refractivity contribution in [2.45, 2.75) is 25.9 Å². The lowest BCUT2D eigenvalue weighted by atomic mass is 10.00. The van der Waals surface area contributed by atoms with E-state index in [1.165, 1.54) is 6.07 Å². The highest BCUT2D eigenvalue weighted by Crippen LogP contribution is 2.38. The summed E-state index contributed by atoms with van der Waals surface area (Å²) >= 11 is 12.2. The molecule has 29 heavy (non-hydrogen) atoms. The Hall–Kier alpha value is -1.52. The van der Waals surface area contributed by atoms with E-state index in [1.54, 1.807) is 0 Å². The summed E-state index contributed by atoms with van der Waals surface area (Å²) in [5, 5.41) is 1.79. The number of amides is 1. The molecule has 1 N–H and O–H groups in total. The first-order valence-corrected chi connectivity index (χ1v) is 10.6. The Bertz CT molecular complexity index is 769. The van der Waals surface area contributed by atoms with Crippen LogP contribution in [0.4, 0.5) is 18.9 Å². The van der Waals surface area contributed by atoms with Gasteiger partial charge in [0.05, 0.1) is 22.0 Å². The molecule has 1 heterocycles. The highest BCUT2D eigenvalue weighted by Gasteiger charge is 2.34. The molecule has 11 heteroatoms. The first kappa shape index (κ1) is 23.8. The van der Waals surface area contributed by atoms with E-state index >= 15 is 0 Å². The maximum Gasteiger partial charge on any atom is 0.418 e. The van der Waals surface area contributed by atoms with Crippen molar-refractivity contribution in [1.82, 2.24) is 4.90 Å². The van der Waals surface area contributed by atoms with Crippen LogP contribution in [0.5, 0.6) is 0 Å². The fourth-order valence-electron chi connectivity index (χ4n) is 2.65. The van der Waals surface area contributed by atoms with Crippen molar-refractivity contribution >= 4 is 57.5 Å². The smallest absolute Gasteiger partial charge is 0.418 e. The first-order valence-electron chi connectivity index (χ1n) is 8.80. The number of piperidine rings is 1. The predicted molar refractivity (Wildman–Crippen MR) is 111 cm³/mol. The molecule has 5 nitrogen and oxygen atoms in total. The van der Waals surface area contributed by atoms with Gasteiger partial charge in [0.25, 0.3) is 5.91 Å². The molecule has 1 aliphatic heterocycles. The van der Waals surface area contributed by atoms with Gasteiger partial charge >= 0.3 is 12.1 Å². The lowest BCUT2D eigenvalue weighted by Crippen LogP contribution is -2.36. The quantitative estimate of drug-likeness (QED) is 0.504. The third-order valence-electron chi connectivity index (χ3n) is 4.30. The maximum absolute atomic E-state index is 13.0. The molecule has 1 aromatic rings. The molecular formula is C18H20ClF3N2O3S2. The second kappa shape index (κ2) is 10.5. The van der Waals surface area contributed by atoms with Gasteiger partial charge in [0.2, 0.25) is 0 Å². The maximum atomic E-state index is 13.0. The summed E-state index contributed by atoms with van der Waals surface area (Å²) in [6.45, 7) is 3.12. The summed E-state index contributed by atoms with van der Waals surface area (Å²) in [5.74, 6) is -1.04. The van der Waals surface area contributed by atoms with E-state index < -0.39 is 35.9 Å². The number of nitrogens with one attached hydrogen (secondary N) is 1. The van der Waals surface area contributed by atoms with Gasteiger partial charge in [-0.2, -0.15) is 13.2 Å². The summed E-state index contributed by atoms with van der Waals surface area (Å²) in [7, 11) is 0. The number of alkyl halides is 3. The van der Waals surface area contributed by atoms with Gasteiger partial charge in [-0.15, -0.1) is 0 Å². The van der Waals surface area contributed by atoms with Crippen LogP contribution >= 0.6 is 35.6 Å². The van der Waals surface area contributed by atoms with E-state index in [0.717, 1.165) is 49.8 Å². The normalized spacial score (nSPS) is 15.1. The molecule has 1 saturated heterocycles. The monoisotopic (exact) mass is 468 g/mol. The van der Waals surface area contributed by atoms with Crippen molar-refractivity contribution in [3.8, 4) is 0 Å². The lowest BCUT2D eigenvalue weighted by molar-refractivity contribution is -0.144. The van der Waals surface area contributed by atoms with Gasteiger partial charge in [-0.05, 0) is 30.9 Å². The highest BCUT2D eigenvalue weighted by molar-refractivity contribution is 8.23. The van der Waals surface area contributed by atoms with Crippen molar-refractivity contribution in [3.63, 3.8) is 0 Å². The molecule has 2 rings (SSSR count). The van der Waals surface area contributed by atoms with Crippen LogP contribution in [0.25, 0.3) is 0 Å². The summed E-state index contributed by atoms with van der Waals surface area (Å²) < 4.78 is 44.5. The second-order valence-corrected chi connectivity index (χ2v) is 8.61. The summed E-state index contributed by atoms with van der Waals surface area (Å²) in [5.41, 5.74) is -1.65. The molecule has 0 aliphatic carbocycles. The minimum Gasteiger partial charge on any atom is -0.455 e. The average molecular weight is 469 g/mol. The van der Waals surface area contributed by atoms with Crippen LogP contribution < -0.4 is 5.32 Å². The van der Waals surface area contributed by atoms with E-state index in [1.807, 2.05) is 4.90 Å². The topological polar surface area (TPSA) is 58.6 Å². The molecule has 0 bridgehead atoms. The van der Waals surface area contributed by atoms with Crippen LogP contribution in [0, 0.1) is 5.92 Å². The van der Waals surface area contributed by atoms with E-state index in [2.05, 4.69) is 12.2 Å². The number of nitrogens with zero attached hydrogens (tertiary/aromatic N) is 1. The Morgan fingerprint density at radius 1 is 1.34 bits per heavy atom. The molecule has 0 saturated carbocycles. The average Bonchev–Trinajstić information content (AvgIpc) is 2.65. The third-order valence-corrected chi connectivity index (χ3v) is 6.11. The van der Waals surface area contributed by atoms with E-state index in [9.17, 15) is 22.8 Å². The number of esters is 1. The number of ether oxygens (including phenoxy) is 1. The minimum atomic E-state index is -4.69. The molecular weight excluding hydrogens is 449 g/mol. The highest BCUT2D eigenvalue weighted by atomic mass is 35.5. The number of anilines is 1. The van der Waals surface area contributed by atoms with Crippen molar-refractivity contribution in [2.24, 2.45) is 5.92 Å². The number of hydrogen-bond acceptors (Lipinski definition) is 5. The number of rotatable bonds is 5. The number of benzene rings is 1. The van der Waals surface area contributed by atoms with Crippen molar-refractivity contribution in [1.29, 1.82) is 0 Å². The van der Waals surface area contributed by atoms with Crippen LogP contribution in [0.2, 0.25) is 5.02 Å². The van der Waals surface area contributed by atoms with Crippen molar-refractivity contribution in [2.75, 3.05) is 30.8 Å². The summed E-state index contributed by atoms with van der Waals surface area (Å²) in [6, 6.07) is 3.15. The second-order valence-electron chi connectivity index (χ2n) is 6.59. The molecule has 1 fully saturated rings. The van der Waals surface area contributed by atoms with Gasteiger partial charge in [-0.3, -0.25) is 9.59 Å². The SMILES string of the molecule is CC1CCN(C(=S)SCC(=O)OCC(=O)Nc2c(Cl)cccc2C(F)(F)F)CC1. The lowest BCUT2D eigenvalue weighted by Gasteiger charge is -2.31. The Kier molecular flexibility index (Phi) is 8.59. The predicted octanol–water partition coefficient (Wildman–Crippen LogP) is 4.59. The zero-order valence-electron chi connectivity index (χ0n) is 15.6. The van der Waals surface area contributed by atoms with Crippen LogP contribution in [-0.2, 0) is 20.5 Å².